The highest BCUT2D eigenvalue weighted by Crippen LogP contribution is 2.41. The fourth-order valence-corrected chi connectivity index (χ4v) is 5.25. The lowest BCUT2D eigenvalue weighted by molar-refractivity contribution is 0.122. The molecule has 2 N–H and O–H groups in total. The van der Waals surface area contributed by atoms with Crippen LogP contribution in [0.3, 0.4) is 0 Å². The van der Waals surface area contributed by atoms with Crippen molar-refractivity contribution in [2.24, 2.45) is 0 Å². The Kier molecular flexibility index (Phi) is 7.25. The number of nitrogens with one attached hydrogen (secondary N) is 2. The van der Waals surface area contributed by atoms with Gasteiger partial charge in [-0.15, -0.1) is 0 Å². The molecule has 0 bridgehead atoms. The van der Waals surface area contributed by atoms with Gasteiger partial charge in [0, 0.05) is 47.7 Å². The zero-order valence-electron chi connectivity index (χ0n) is 22.4. The van der Waals surface area contributed by atoms with Gasteiger partial charge in [0.1, 0.15) is 6.33 Å². The Hall–Kier alpha value is -4.55. The van der Waals surface area contributed by atoms with Crippen molar-refractivity contribution in [1.29, 1.82) is 0 Å². The number of benzene rings is 2. The maximum absolute atomic E-state index is 5.53. The van der Waals surface area contributed by atoms with E-state index in [-0.39, 0.29) is 0 Å². The van der Waals surface area contributed by atoms with E-state index in [2.05, 4.69) is 32.7 Å². The Morgan fingerprint density at radius 3 is 2.25 bits per heavy atom. The molecule has 12 heteroatoms. The molecular weight excluding hydrogens is 530 g/mol. The molecule has 40 heavy (non-hydrogen) atoms. The number of morpholine rings is 1. The summed E-state index contributed by atoms with van der Waals surface area (Å²) in [5.74, 6) is 2.52. The van der Waals surface area contributed by atoms with Crippen molar-refractivity contribution in [2.75, 3.05) is 63.2 Å². The van der Waals surface area contributed by atoms with Gasteiger partial charge in [-0.3, -0.25) is 4.57 Å². The van der Waals surface area contributed by atoms with Crippen molar-refractivity contribution in [3.05, 3.63) is 59.6 Å². The van der Waals surface area contributed by atoms with Crippen molar-refractivity contribution >= 4 is 51.3 Å². The van der Waals surface area contributed by atoms with E-state index < -0.39 is 0 Å². The number of anilines is 5. The van der Waals surface area contributed by atoms with Crippen LogP contribution in [-0.4, -0.2) is 67.2 Å². The van der Waals surface area contributed by atoms with Gasteiger partial charge in [0.05, 0.1) is 40.2 Å². The summed E-state index contributed by atoms with van der Waals surface area (Å²) in [6.45, 7) is 3.25. The van der Waals surface area contributed by atoms with Gasteiger partial charge in [-0.1, -0.05) is 0 Å². The number of nitrogens with zero attached hydrogens (tertiary/aromatic N) is 5. The summed E-state index contributed by atoms with van der Waals surface area (Å²) in [6, 6.07) is 13.9. The third kappa shape index (κ3) is 5.06. The van der Waals surface area contributed by atoms with Gasteiger partial charge in [-0.2, -0.15) is 21.3 Å². The minimum atomic E-state index is 0.429. The fraction of sp³-hybridized carbons (Fsp3) is 0.250. The summed E-state index contributed by atoms with van der Waals surface area (Å²) in [4.78, 5) is 16.6. The lowest BCUT2D eigenvalue weighted by Crippen LogP contribution is -2.36. The number of hydrogen-bond donors (Lipinski definition) is 2. The van der Waals surface area contributed by atoms with E-state index in [0.29, 0.717) is 45.9 Å². The van der Waals surface area contributed by atoms with Crippen LogP contribution in [0.25, 0.3) is 16.9 Å². The average Bonchev–Trinajstić information content (AvgIpc) is 3.68. The van der Waals surface area contributed by atoms with Crippen molar-refractivity contribution in [3.8, 4) is 22.9 Å². The van der Waals surface area contributed by atoms with Crippen LogP contribution in [-0.2, 0) is 4.74 Å². The van der Waals surface area contributed by atoms with E-state index in [1.54, 1.807) is 39.0 Å². The number of methoxy groups -OCH3 is 3. The molecule has 0 spiro atoms. The molecule has 1 aliphatic heterocycles. The summed E-state index contributed by atoms with van der Waals surface area (Å²) in [5, 5.41) is 10.8. The molecule has 3 aromatic heterocycles. The van der Waals surface area contributed by atoms with Gasteiger partial charge in [0.2, 0.25) is 11.7 Å². The van der Waals surface area contributed by atoms with Crippen LogP contribution in [0.15, 0.2) is 59.6 Å². The van der Waals surface area contributed by atoms with Gasteiger partial charge in [0.15, 0.2) is 28.5 Å². The van der Waals surface area contributed by atoms with Crippen molar-refractivity contribution < 1.29 is 18.9 Å². The zero-order chi connectivity index (χ0) is 27.5. The number of ether oxygens (including phenoxy) is 4. The van der Waals surface area contributed by atoms with Crippen molar-refractivity contribution in [3.63, 3.8) is 0 Å². The van der Waals surface area contributed by atoms with Crippen molar-refractivity contribution in [1.82, 2.24) is 19.5 Å². The molecule has 0 radical (unpaired) electrons. The Morgan fingerprint density at radius 1 is 0.850 bits per heavy atom. The normalized spacial score (nSPS) is 13.3. The molecule has 5 aromatic rings. The summed E-state index contributed by atoms with van der Waals surface area (Å²) in [7, 11) is 4.74. The average molecular weight is 560 g/mol. The maximum Gasteiger partial charge on any atom is 0.231 e. The molecule has 4 heterocycles. The molecule has 0 atom stereocenters. The van der Waals surface area contributed by atoms with Crippen LogP contribution in [0, 0.1) is 0 Å². The third-order valence-electron chi connectivity index (χ3n) is 6.61. The molecule has 0 saturated carbocycles. The Balaban J connectivity index is 1.37. The second kappa shape index (κ2) is 11.3. The summed E-state index contributed by atoms with van der Waals surface area (Å²) in [5.41, 5.74) is 4.98. The van der Waals surface area contributed by atoms with Crippen LogP contribution >= 0.6 is 11.3 Å². The molecule has 11 nitrogen and oxygen atoms in total. The number of imidazole rings is 1. The van der Waals surface area contributed by atoms with E-state index in [0.717, 1.165) is 43.4 Å². The first-order valence-corrected chi connectivity index (χ1v) is 13.7. The first-order chi connectivity index (χ1) is 19.7. The molecule has 1 aliphatic rings. The van der Waals surface area contributed by atoms with Gasteiger partial charge in [-0.05, 0) is 35.7 Å². The summed E-state index contributed by atoms with van der Waals surface area (Å²) in [6.07, 6.45) is 1.75. The second-order valence-corrected chi connectivity index (χ2v) is 9.75. The fourth-order valence-electron chi connectivity index (χ4n) is 4.62. The van der Waals surface area contributed by atoms with E-state index in [1.807, 2.05) is 45.7 Å². The van der Waals surface area contributed by atoms with Crippen molar-refractivity contribution in [2.45, 2.75) is 0 Å². The topological polar surface area (TPSA) is 108 Å². The van der Waals surface area contributed by atoms with E-state index in [1.165, 1.54) is 0 Å². The van der Waals surface area contributed by atoms with E-state index >= 15 is 0 Å². The number of aromatic nitrogens is 4. The van der Waals surface area contributed by atoms with Gasteiger partial charge < -0.3 is 34.5 Å². The summed E-state index contributed by atoms with van der Waals surface area (Å²) < 4.78 is 24.0. The first-order valence-electron chi connectivity index (χ1n) is 12.7. The van der Waals surface area contributed by atoms with Gasteiger partial charge in [0.25, 0.3) is 0 Å². The van der Waals surface area contributed by atoms with Crippen LogP contribution in [0.5, 0.6) is 17.2 Å². The lowest BCUT2D eigenvalue weighted by Gasteiger charge is -2.28. The Bertz CT molecular complexity index is 1570. The van der Waals surface area contributed by atoms with Crippen LogP contribution in [0.1, 0.15) is 0 Å². The predicted octanol–water partition coefficient (Wildman–Crippen LogP) is 5.23. The molecule has 2 aromatic carbocycles. The Morgan fingerprint density at radius 2 is 1.60 bits per heavy atom. The molecule has 6 rings (SSSR count). The monoisotopic (exact) mass is 559 g/mol. The highest BCUT2D eigenvalue weighted by molar-refractivity contribution is 7.08. The molecular formula is C28H29N7O4S. The smallest absolute Gasteiger partial charge is 0.231 e. The lowest BCUT2D eigenvalue weighted by atomic mass is 10.2. The van der Waals surface area contributed by atoms with Crippen LogP contribution in [0.2, 0.25) is 0 Å². The predicted molar refractivity (Wildman–Crippen MR) is 157 cm³/mol. The first kappa shape index (κ1) is 25.7. The number of thiophene rings is 1. The maximum atomic E-state index is 5.53. The number of rotatable bonds is 9. The third-order valence-corrected chi connectivity index (χ3v) is 7.28. The molecule has 1 fully saturated rings. The molecule has 206 valence electrons. The minimum Gasteiger partial charge on any atom is -0.493 e. The highest BCUT2D eigenvalue weighted by atomic mass is 32.1. The number of fused-ring (bicyclic) bond motifs is 1. The number of hydrogen-bond acceptors (Lipinski definition) is 11. The quantitative estimate of drug-likeness (QED) is 0.249. The van der Waals surface area contributed by atoms with E-state index in [9.17, 15) is 0 Å². The molecule has 0 aliphatic carbocycles. The molecule has 0 amide bonds. The van der Waals surface area contributed by atoms with Gasteiger partial charge >= 0.3 is 0 Å². The zero-order valence-corrected chi connectivity index (χ0v) is 23.2. The largest absolute Gasteiger partial charge is 0.493 e. The minimum absolute atomic E-state index is 0.429. The molecule has 1 saturated heterocycles. The van der Waals surface area contributed by atoms with E-state index in [4.69, 9.17) is 28.9 Å². The standard InChI is InChI=1S/C28H29N7O4S/c1-36-22-14-19(15-23(37-2)25(22)38-3)30-26-24-27(35(17-29-24)21-8-13-40-16-21)33-28(32-26)31-18-4-6-20(7-5-18)34-9-11-39-12-10-34/h4-8,13-17H,9-12H2,1-3H3,(H2,30,31,32,33). The van der Waals surface area contributed by atoms with Gasteiger partial charge in [-0.25, -0.2) is 4.98 Å². The van der Waals surface area contributed by atoms with Crippen LogP contribution in [0.4, 0.5) is 28.8 Å². The molecule has 0 unspecified atom stereocenters. The SMILES string of the molecule is COc1cc(Nc2nc(Nc3ccc(N4CCOCC4)cc3)nc3c2ncn3-c2ccsc2)cc(OC)c1OC. The Labute approximate surface area is 235 Å². The van der Waals surface area contributed by atoms with Crippen LogP contribution < -0.4 is 29.7 Å². The second-order valence-electron chi connectivity index (χ2n) is 8.97. The summed E-state index contributed by atoms with van der Waals surface area (Å²) >= 11 is 1.61. The highest BCUT2D eigenvalue weighted by Gasteiger charge is 2.18.